The number of aromatic nitrogens is 1. The van der Waals surface area contributed by atoms with Crippen molar-refractivity contribution >= 4 is 16.8 Å². The minimum Gasteiger partial charge on any atom is -0.371 e. The van der Waals surface area contributed by atoms with Crippen molar-refractivity contribution in [3.63, 3.8) is 0 Å². The lowest BCUT2D eigenvalue weighted by atomic mass is 10.1. The number of aryl methyl sites for hydroxylation is 1. The van der Waals surface area contributed by atoms with Crippen molar-refractivity contribution in [1.29, 1.82) is 0 Å². The number of hydrogen-bond donors (Lipinski definition) is 2. The molecule has 3 aromatic rings. The van der Waals surface area contributed by atoms with Gasteiger partial charge in [-0.2, -0.15) is 0 Å². The quantitative estimate of drug-likeness (QED) is 0.703. The number of hydrogen-bond acceptors (Lipinski definition) is 3. The maximum Gasteiger partial charge on any atom is 0.220 e. The molecule has 2 N–H and O–H groups in total. The average molecular weight is 389 g/mol. The largest absolute Gasteiger partial charge is 0.371 e. The molecule has 2 fully saturated rings. The summed E-state index contributed by atoms with van der Waals surface area (Å²) >= 11 is 0. The lowest BCUT2D eigenvalue weighted by Crippen LogP contribution is -2.43. The zero-order valence-electron chi connectivity index (χ0n) is 16.5. The van der Waals surface area contributed by atoms with E-state index in [1.54, 1.807) is 0 Å². The highest BCUT2D eigenvalue weighted by molar-refractivity contribution is 5.84. The lowest BCUT2D eigenvalue weighted by molar-refractivity contribution is -0.121. The number of rotatable bonds is 5. The van der Waals surface area contributed by atoms with Gasteiger partial charge in [-0.3, -0.25) is 9.69 Å². The van der Waals surface area contributed by atoms with Crippen LogP contribution in [-0.4, -0.2) is 47.6 Å². The molecule has 2 saturated heterocycles. The fraction of sp³-hybridized carbons (Fsp3) is 0.375. The molecule has 5 heteroatoms. The van der Waals surface area contributed by atoms with Crippen molar-refractivity contribution in [1.82, 2.24) is 15.2 Å². The maximum absolute atomic E-state index is 12.6. The van der Waals surface area contributed by atoms with Crippen molar-refractivity contribution in [2.45, 2.75) is 37.5 Å². The Hall–Kier alpha value is -2.63. The average Bonchev–Trinajstić information content (AvgIpc) is 3.35. The van der Waals surface area contributed by atoms with Crippen LogP contribution >= 0.6 is 0 Å². The van der Waals surface area contributed by atoms with Crippen LogP contribution in [-0.2, 0) is 16.0 Å². The first kappa shape index (κ1) is 18.4. The highest BCUT2D eigenvalue weighted by Gasteiger charge is 2.38. The van der Waals surface area contributed by atoms with Crippen LogP contribution in [0.2, 0.25) is 0 Å². The number of benzene rings is 2. The summed E-state index contributed by atoms with van der Waals surface area (Å²) in [6, 6.07) is 19.3. The second kappa shape index (κ2) is 8.01. The molecule has 0 radical (unpaired) electrons. The molecule has 1 aromatic heterocycles. The van der Waals surface area contributed by atoms with Gasteiger partial charge in [-0.05, 0) is 30.0 Å². The number of H-pyrrole nitrogens is 1. The van der Waals surface area contributed by atoms with Gasteiger partial charge >= 0.3 is 0 Å². The Balaban J connectivity index is 1.14. The smallest absolute Gasteiger partial charge is 0.220 e. The van der Waals surface area contributed by atoms with Crippen molar-refractivity contribution in [3.05, 3.63) is 71.9 Å². The monoisotopic (exact) mass is 389 g/mol. The summed E-state index contributed by atoms with van der Waals surface area (Å²) < 4.78 is 6.11. The summed E-state index contributed by atoms with van der Waals surface area (Å²) in [5.41, 5.74) is 3.57. The van der Waals surface area contributed by atoms with Gasteiger partial charge in [0.15, 0.2) is 0 Å². The van der Waals surface area contributed by atoms with Crippen LogP contribution < -0.4 is 5.32 Å². The number of morpholine rings is 1. The Labute approximate surface area is 171 Å². The minimum absolute atomic E-state index is 0.128. The first-order valence-corrected chi connectivity index (χ1v) is 10.5. The first-order valence-electron chi connectivity index (χ1n) is 10.5. The standard InChI is InChI=1S/C24H27N3O2/c28-24(11-10-18-13-25-22-9-5-4-8-21(18)22)26-19-12-20-16-29-23(15-27(20)14-19)17-6-2-1-3-7-17/h1-9,13,19-20,23,25H,10-12,14-16H2,(H,26,28)/t19-,20-,23+/m0/s1. The van der Waals surface area contributed by atoms with Gasteiger partial charge in [0.05, 0.1) is 12.7 Å². The van der Waals surface area contributed by atoms with Gasteiger partial charge < -0.3 is 15.0 Å². The van der Waals surface area contributed by atoms with Gasteiger partial charge in [0.1, 0.15) is 0 Å². The van der Waals surface area contributed by atoms with E-state index in [4.69, 9.17) is 4.74 Å². The Morgan fingerprint density at radius 1 is 1.10 bits per heavy atom. The van der Waals surface area contributed by atoms with Crippen molar-refractivity contribution < 1.29 is 9.53 Å². The first-order chi connectivity index (χ1) is 14.3. The molecule has 0 aliphatic carbocycles. The molecule has 2 aliphatic heterocycles. The van der Waals surface area contributed by atoms with Crippen molar-refractivity contribution in [3.8, 4) is 0 Å². The SMILES string of the molecule is O=C(CCc1c[nH]c2ccccc12)N[C@H]1C[C@H]2CO[C@@H](c3ccccc3)CN2C1. The molecular weight excluding hydrogens is 362 g/mol. The van der Waals surface area contributed by atoms with E-state index in [9.17, 15) is 4.79 Å². The summed E-state index contributed by atoms with van der Waals surface area (Å²) in [4.78, 5) is 18.3. The third-order valence-electron chi connectivity index (χ3n) is 6.25. The number of aromatic amines is 1. The van der Waals surface area contributed by atoms with Crippen LogP contribution in [0.4, 0.5) is 0 Å². The van der Waals surface area contributed by atoms with Crippen LogP contribution in [0.1, 0.15) is 30.1 Å². The number of fused-ring (bicyclic) bond motifs is 2. The predicted octanol–water partition coefficient (Wildman–Crippen LogP) is 3.43. The molecule has 3 atom stereocenters. The molecule has 1 amide bonds. The summed E-state index contributed by atoms with van der Waals surface area (Å²) in [5.74, 6) is 0.139. The zero-order valence-corrected chi connectivity index (χ0v) is 16.5. The maximum atomic E-state index is 12.6. The summed E-state index contributed by atoms with van der Waals surface area (Å²) in [5, 5.41) is 4.46. The second-order valence-electron chi connectivity index (χ2n) is 8.20. The molecule has 0 unspecified atom stereocenters. The number of carbonyl (C=O) groups excluding carboxylic acids is 1. The number of para-hydroxylation sites is 1. The topological polar surface area (TPSA) is 57.4 Å². The van der Waals surface area contributed by atoms with Crippen LogP contribution in [0.5, 0.6) is 0 Å². The Bertz CT molecular complexity index is 984. The fourth-order valence-electron chi connectivity index (χ4n) is 4.73. The highest BCUT2D eigenvalue weighted by Crippen LogP contribution is 2.30. The van der Waals surface area contributed by atoms with Crippen LogP contribution in [0.15, 0.2) is 60.8 Å². The van der Waals surface area contributed by atoms with Crippen molar-refractivity contribution in [2.24, 2.45) is 0 Å². The number of nitrogens with one attached hydrogen (secondary N) is 2. The van der Waals surface area contributed by atoms with E-state index in [2.05, 4.69) is 51.6 Å². The van der Waals surface area contributed by atoms with E-state index < -0.39 is 0 Å². The zero-order chi connectivity index (χ0) is 19.6. The number of nitrogens with zero attached hydrogens (tertiary/aromatic N) is 1. The van der Waals surface area contributed by atoms with Gasteiger partial charge in [0.25, 0.3) is 0 Å². The highest BCUT2D eigenvalue weighted by atomic mass is 16.5. The summed E-state index contributed by atoms with van der Waals surface area (Å²) in [7, 11) is 0. The summed E-state index contributed by atoms with van der Waals surface area (Å²) in [6.07, 6.45) is 4.40. The van der Waals surface area contributed by atoms with Crippen LogP contribution in [0, 0.1) is 0 Å². The van der Waals surface area contributed by atoms with Gasteiger partial charge in [-0.15, -0.1) is 0 Å². The molecular formula is C24H27N3O2. The molecule has 0 bridgehead atoms. The number of amides is 1. The predicted molar refractivity (Wildman–Crippen MR) is 114 cm³/mol. The molecule has 29 heavy (non-hydrogen) atoms. The minimum atomic E-state index is 0.128. The van der Waals surface area contributed by atoms with Crippen molar-refractivity contribution in [2.75, 3.05) is 19.7 Å². The number of carbonyl (C=O) groups is 1. The normalized spacial score (nSPS) is 24.5. The van der Waals surface area contributed by atoms with Gasteiger partial charge in [-0.1, -0.05) is 48.5 Å². The summed E-state index contributed by atoms with van der Waals surface area (Å²) in [6.45, 7) is 2.55. The van der Waals surface area contributed by atoms with E-state index >= 15 is 0 Å². The van der Waals surface area contributed by atoms with Crippen LogP contribution in [0.3, 0.4) is 0 Å². The molecule has 5 rings (SSSR count). The third kappa shape index (κ3) is 3.93. The van der Waals surface area contributed by atoms with Gasteiger partial charge in [0.2, 0.25) is 5.91 Å². The van der Waals surface area contributed by atoms with Gasteiger partial charge in [-0.25, -0.2) is 0 Å². The molecule has 5 nitrogen and oxygen atoms in total. The lowest BCUT2D eigenvalue weighted by Gasteiger charge is -2.35. The van der Waals surface area contributed by atoms with E-state index in [0.29, 0.717) is 12.5 Å². The van der Waals surface area contributed by atoms with E-state index in [-0.39, 0.29) is 18.1 Å². The van der Waals surface area contributed by atoms with E-state index in [0.717, 1.165) is 38.1 Å². The van der Waals surface area contributed by atoms with E-state index in [1.165, 1.54) is 16.5 Å². The molecule has 0 spiro atoms. The van der Waals surface area contributed by atoms with Gasteiger partial charge in [0, 0.05) is 48.7 Å². The van der Waals surface area contributed by atoms with Crippen LogP contribution in [0.25, 0.3) is 10.9 Å². The molecule has 3 heterocycles. The Morgan fingerprint density at radius 2 is 1.93 bits per heavy atom. The Morgan fingerprint density at radius 3 is 2.83 bits per heavy atom. The van der Waals surface area contributed by atoms with E-state index in [1.807, 2.05) is 24.4 Å². The molecule has 2 aliphatic rings. The fourth-order valence-corrected chi connectivity index (χ4v) is 4.73. The second-order valence-corrected chi connectivity index (χ2v) is 8.20. The number of ether oxygens (including phenoxy) is 1. The molecule has 2 aromatic carbocycles. The molecule has 150 valence electrons. The molecule has 0 saturated carbocycles. The Kier molecular flexibility index (Phi) is 5.08. The third-order valence-corrected chi connectivity index (χ3v) is 6.25.